The first-order chi connectivity index (χ1) is 14.4. The van der Waals surface area contributed by atoms with Crippen LogP contribution in [0.1, 0.15) is 5.56 Å². The van der Waals surface area contributed by atoms with Crippen LogP contribution in [0.5, 0.6) is 5.75 Å². The number of hydrogen-bond donors (Lipinski definition) is 1. The van der Waals surface area contributed by atoms with Crippen molar-refractivity contribution in [3.05, 3.63) is 53.1 Å². The zero-order valence-electron chi connectivity index (χ0n) is 16.5. The van der Waals surface area contributed by atoms with E-state index in [-0.39, 0.29) is 16.6 Å². The lowest BCUT2D eigenvalue weighted by molar-refractivity contribution is -0.113. The van der Waals surface area contributed by atoms with E-state index in [9.17, 15) is 13.2 Å². The molecular formula is C20H23ClN2O5S2. The standard InChI is InChI=1S/C20H23ClN2O5S2/c1-27-19-6-5-17(30(25,26)23-7-9-28-10-8-23)12-18(19)22-20(24)14-29-13-15-3-2-4-16(21)11-15/h2-6,11-12H,7-10,13-14H2,1H3,(H,22,24). The minimum Gasteiger partial charge on any atom is -0.495 e. The second-order valence-electron chi connectivity index (χ2n) is 6.55. The van der Waals surface area contributed by atoms with Crippen LogP contribution >= 0.6 is 23.4 Å². The lowest BCUT2D eigenvalue weighted by Gasteiger charge is -2.26. The van der Waals surface area contributed by atoms with Crippen LogP contribution in [0.15, 0.2) is 47.4 Å². The number of ether oxygens (including phenoxy) is 2. The van der Waals surface area contributed by atoms with Crippen LogP contribution < -0.4 is 10.1 Å². The predicted molar refractivity (Wildman–Crippen MR) is 119 cm³/mol. The first-order valence-corrected chi connectivity index (χ1v) is 12.3. The summed E-state index contributed by atoms with van der Waals surface area (Å²) in [5.41, 5.74) is 1.34. The van der Waals surface area contributed by atoms with Crippen LogP contribution in [0, 0.1) is 0 Å². The van der Waals surface area contributed by atoms with Gasteiger partial charge in [-0.3, -0.25) is 4.79 Å². The van der Waals surface area contributed by atoms with Gasteiger partial charge in [0.1, 0.15) is 5.75 Å². The van der Waals surface area contributed by atoms with Crippen LogP contribution in [0.25, 0.3) is 0 Å². The van der Waals surface area contributed by atoms with E-state index >= 15 is 0 Å². The fourth-order valence-corrected chi connectivity index (χ4v) is 5.38. The van der Waals surface area contributed by atoms with Crippen LogP contribution in [0.2, 0.25) is 5.02 Å². The number of carbonyl (C=O) groups excluding carboxylic acids is 1. The van der Waals surface area contributed by atoms with Gasteiger partial charge in [0.05, 0.1) is 36.7 Å². The van der Waals surface area contributed by atoms with Gasteiger partial charge in [-0.25, -0.2) is 8.42 Å². The van der Waals surface area contributed by atoms with E-state index in [2.05, 4.69) is 5.32 Å². The van der Waals surface area contributed by atoms with Gasteiger partial charge in [-0.15, -0.1) is 11.8 Å². The van der Waals surface area contributed by atoms with E-state index < -0.39 is 10.0 Å². The number of nitrogens with one attached hydrogen (secondary N) is 1. The number of hydrogen-bond acceptors (Lipinski definition) is 6. The number of sulfonamides is 1. The van der Waals surface area contributed by atoms with E-state index in [1.165, 1.54) is 35.3 Å². The van der Waals surface area contributed by atoms with Gasteiger partial charge >= 0.3 is 0 Å². The molecule has 0 aliphatic carbocycles. The van der Waals surface area contributed by atoms with Crippen molar-refractivity contribution >= 4 is 45.0 Å². The van der Waals surface area contributed by atoms with E-state index in [0.717, 1.165) is 5.56 Å². The highest BCUT2D eigenvalue weighted by molar-refractivity contribution is 7.99. The fraction of sp³-hybridized carbons (Fsp3) is 0.350. The Morgan fingerprint density at radius 3 is 2.70 bits per heavy atom. The molecule has 0 saturated carbocycles. The minimum atomic E-state index is -3.67. The molecule has 10 heteroatoms. The summed E-state index contributed by atoms with van der Waals surface area (Å²) < 4.78 is 37.7. The molecule has 1 heterocycles. The zero-order valence-corrected chi connectivity index (χ0v) is 18.9. The highest BCUT2D eigenvalue weighted by Crippen LogP contribution is 2.29. The Kier molecular flexibility index (Phi) is 8.01. The topological polar surface area (TPSA) is 84.9 Å². The summed E-state index contributed by atoms with van der Waals surface area (Å²) in [5.74, 6) is 0.984. The third-order valence-corrected chi connectivity index (χ3v) is 7.58. The van der Waals surface area contributed by atoms with E-state index in [0.29, 0.717) is 48.5 Å². The zero-order chi connectivity index (χ0) is 21.6. The molecule has 0 atom stereocenters. The Hall–Kier alpha value is -1.78. The van der Waals surface area contributed by atoms with Gasteiger partial charge in [0.2, 0.25) is 15.9 Å². The van der Waals surface area contributed by atoms with Gasteiger partial charge in [-0.1, -0.05) is 23.7 Å². The summed E-state index contributed by atoms with van der Waals surface area (Å²) >= 11 is 7.41. The number of thioether (sulfide) groups is 1. The molecule has 0 spiro atoms. The van der Waals surface area contributed by atoms with Crippen LogP contribution in [0.4, 0.5) is 5.69 Å². The Bertz CT molecular complexity index is 994. The van der Waals surface area contributed by atoms with Crippen LogP contribution in [-0.2, 0) is 25.3 Å². The molecule has 1 N–H and O–H groups in total. The second-order valence-corrected chi connectivity index (χ2v) is 9.91. The van der Waals surface area contributed by atoms with Crippen molar-refractivity contribution in [2.45, 2.75) is 10.6 Å². The Morgan fingerprint density at radius 1 is 1.23 bits per heavy atom. The third kappa shape index (κ3) is 5.89. The molecular weight excluding hydrogens is 448 g/mol. The highest BCUT2D eigenvalue weighted by Gasteiger charge is 2.27. The van der Waals surface area contributed by atoms with E-state index in [4.69, 9.17) is 21.1 Å². The Labute approximate surface area is 185 Å². The smallest absolute Gasteiger partial charge is 0.243 e. The average Bonchev–Trinajstić information content (AvgIpc) is 2.74. The minimum absolute atomic E-state index is 0.104. The predicted octanol–water partition coefficient (Wildman–Crippen LogP) is 3.24. The molecule has 0 unspecified atom stereocenters. The van der Waals surface area contributed by atoms with Gasteiger partial charge in [0.15, 0.2) is 0 Å². The van der Waals surface area contributed by atoms with Crippen molar-refractivity contribution in [3.63, 3.8) is 0 Å². The molecule has 30 heavy (non-hydrogen) atoms. The largest absolute Gasteiger partial charge is 0.495 e. The van der Waals surface area contributed by atoms with E-state index in [1.54, 1.807) is 12.1 Å². The molecule has 0 bridgehead atoms. The van der Waals surface area contributed by atoms with Crippen molar-refractivity contribution in [2.24, 2.45) is 0 Å². The number of benzene rings is 2. The molecule has 1 aliphatic rings. The number of morpholine rings is 1. The number of carbonyl (C=O) groups is 1. The second kappa shape index (κ2) is 10.5. The lowest BCUT2D eigenvalue weighted by atomic mass is 10.2. The van der Waals surface area contributed by atoms with Gasteiger partial charge in [0, 0.05) is 23.9 Å². The highest BCUT2D eigenvalue weighted by atomic mass is 35.5. The molecule has 2 aromatic carbocycles. The Balaban J connectivity index is 1.66. The summed E-state index contributed by atoms with van der Waals surface area (Å²) in [4.78, 5) is 12.5. The lowest BCUT2D eigenvalue weighted by Crippen LogP contribution is -2.40. The summed E-state index contributed by atoms with van der Waals surface area (Å²) in [6.07, 6.45) is 0. The number of halogens is 1. The van der Waals surface area contributed by atoms with Crippen molar-refractivity contribution in [3.8, 4) is 5.75 Å². The molecule has 0 aromatic heterocycles. The molecule has 0 radical (unpaired) electrons. The first-order valence-electron chi connectivity index (χ1n) is 9.28. The molecule has 1 amide bonds. The summed E-state index contributed by atoms with van der Waals surface area (Å²) in [6.45, 7) is 1.33. The maximum Gasteiger partial charge on any atom is 0.243 e. The van der Waals surface area contributed by atoms with Gasteiger partial charge in [0.25, 0.3) is 0 Å². The molecule has 1 saturated heterocycles. The van der Waals surface area contributed by atoms with Gasteiger partial charge in [-0.05, 0) is 35.9 Å². The number of methoxy groups -OCH3 is 1. The summed E-state index contributed by atoms with van der Waals surface area (Å²) in [6, 6.07) is 11.9. The van der Waals surface area contributed by atoms with Crippen LogP contribution in [-0.4, -0.2) is 57.8 Å². The summed E-state index contributed by atoms with van der Waals surface area (Å²) in [7, 11) is -2.21. The first kappa shape index (κ1) is 22.9. The Morgan fingerprint density at radius 2 is 2.00 bits per heavy atom. The summed E-state index contributed by atoms with van der Waals surface area (Å²) in [5, 5.41) is 3.41. The molecule has 1 fully saturated rings. The SMILES string of the molecule is COc1ccc(S(=O)(=O)N2CCOCC2)cc1NC(=O)CSCc1cccc(Cl)c1. The monoisotopic (exact) mass is 470 g/mol. The van der Waals surface area contributed by atoms with Gasteiger partial charge in [-0.2, -0.15) is 4.31 Å². The van der Waals surface area contributed by atoms with Crippen molar-refractivity contribution < 1.29 is 22.7 Å². The number of anilines is 1. The average molecular weight is 471 g/mol. The third-order valence-electron chi connectivity index (χ3n) is 4.44. The molecule has 2 aromatic rings. The van der Waals surface area contributed by atoms with Crippen LogP contribution in [0.3, 0.4) is 0 Å². The van der Waals surface area contributed by atoms with Crippen molar-refractivity contribution in [2.75, 3.05) is 44.5 Å². The molecule has 3 rings (SSSR count). The van der Waals surface area contributed by atoms with E-state index in [1.807, 2.05) is 18.2 Å². The van der Waals surface area contributed by atoms with Gasteiger partial charge < -0.3 is 14.8 Å². The fourth-order valence-electron chi connectivity index (χ4n) is 2.96. The maximum atomic E-state index is 12.9. The maximum absolute atomic E-state index is 12.9. The normalized spacial score (nSPS) is 15.0. The van der Waals surface area contributed by atoms with Crippen molar-refractivity contribution in [1.29, 1.82) is 0 Å². The number of rotatable bonds is 8. The number of amides is 1. The number of nitrogens with zero attached hydrogens (tertiary/aromatic N) is 1. The molecule has 162 valence electrons. The molecule has 7 nitrogen and oxygen atoms in total. The molecule has 1 aliphatic heterocycles. The quantitative estimate of drug-likeness (QED) is 0.637. The van der Waals surface area contributed by atoms with Crippen molar-refractivity contribution in [1.82, 2.24) is 4.31 Å².